The van der Waals surface area contributed by atoms with Crippen LogP contribution in [-0.4, -0.2) is 42.1 Å². The molecule has 1 amide bonds. The summed E-state index contributed by atoms with van der Waals surface area (Å²) in [6.45, 7) is 3.61. The molecule has 5 heteroatoms. The summed E-state index contributed by atoms with van der Waals surface area (Å²) < 4.78 is 5.06. The number of hydrogen-bond acceptors (Lipinski definition) is 3. The van der Waals surface area contributed by atoms with Gasteiger partial charge < -0.3 is 14.7 Å². The number of aliphatic carboxylic acids is 1. The minimum Gasteiger partial charge on any atom is -0.497 e. The smallest absolute Gasteiger partial charge is 0.323 e. The van der Waals surface area contributed by atoms with Gasteiger partial charge in [0, 0.05) is 12.1 Å². The highest BCUT2D eigenvalue weighted by atomic mass is 16.5. The number of carboxylic acids is 1. The van der Waals surface area contributed by atoms with Crippen LogP contribution in [0, 0.1) is 6.92 Å². The average molecular weight is 251 g/mol. The highest BCUT2D eigenvalue weighted by Crippen LogP contribution is 2.18. The molecule has 5 nitrogen and oxygen atoms in total. The number of amides is 1. The first-order valence-corrected chi connectivity index (χ1v) is 5.65. The largest absolute Gasteiger partial charge is 0.497 e. The van der Waals surface area contributed by atoms with Crippen molar-refractivity contribution < 1.29 is 19.4 Å². The Morgan fingerprint density at radius 1 is 1.39 bits per heavy atom. The maximum absolute atomic E-state index is 12.2. The van der Waals surface area contributed by atoms with Crippen LogP contribution in [0.2, 0.25) is 0 Å². The van der Waals surface area contributed by atoms with E-state index in [2.05, 4.69) is 0 Å². The lowest BCUT2D eigenvalue weighted by molar-refractivity contribution is -0.137. The van der Waals surface area contributed by atoms with Gasteiger partial charge in [0.2, 0.25) is 0 Å². The fourth-order valence-corrected chi connectivity index (χ4v) is 1.66. The number of rotatable bonds is 5. The number of nitrogens with zero attached hydrogens (tertiary/aromatic N) is 1. The third-order valence-corrected chi connectivity index (χ3v) is 2.66. The molecule has 0 aliphatic rings. The lowest BCUT2D eigenvalue weighted by Gasteiger charge is -2.19. The van der Waals surface area contributed by atoms with E-state index >= 15 is 0 Å². The molecule has 0 unspecified atom stereocenters. The van der Waals surface area contributed by atoms with Crippen LogP contribution in [0.4, 0.5) is 0 Å². The highest BCUT2D eigenvalue weighted by molar-refractivity contribution is 5.97. The summed E-state index contributed by atoms with van der Waals surface area (Å²) in [5, 5.41) is 8.75. The molecule has 0 atom stereocenters. The summed E-state index contributed by atoms with van der Waals surface area (Å²) in [4.78, 5) is 24.1. The van der Waals surface area contributed by atoms with Crippen molar-refractivity contribution in [3.8, 4) is 5.75 Å². The molecule has 0 saturated heterocycles. The number of methoxy groups -OCH3 is 1. The van der Waals surface area contributed by atoms with Crippen molar-refractivity contribution in [1.82, 2.24) is 4.90 Å². The quantitative estimate of drug-likeness (QED) is 0.862. The van der Waals surface area contributed by atoms with E-state index in [0.29, 0.717) is 17.9 Å². The first kappa shape index (κ1) is 14.0. The number of likely N-dealkylation sites (N-methyl/N-ethyl adjacent to an activating group) is 1. The molecule has 0 fully saturated rings. The Morgan fingerprint density at radius 2 is 2.06 bits per heavy atom. The van der Waals surface area contributed by atoms with Gasteiger partial charge in [-0.15, -0.1) is 0 Å². The molecule has 0 aliphatic heterocycles. The number of aryl methyl sites for hydroxylation is 1. The fourth-order valence-electron chi connectivity index (χ4n) is 1.66. The maximum atomic E-state index is 12.2. The number of benzene rings is 1. The summed E-state index contributed by atoms with van der Waals surface area (Å²) in [5.41, 5.74) is 1.27. The second-order valence-electron chi connectivity index (χ2n) is 3.89. The van der Waals surface area contributed by atoms with Crippen molar-refractivity contribution in [2.24, 2.45) is 0 Å². The molecule has 0 saturated carbocycles. The van der Waals surface area contributed by atoms with Crippen molar-refractivity contribution >= 4 is 11.9 Å². The predicted octanol–water partition coefficient (Wildman–Crippen LogP) is 1.55. The first-order chi connectivity index (χ1) is 8.49. The van der Waals surface area contributed by atoms with E-state index < -0.39 is 5.97 Å². The van der Waals surface area contributed by atoms with Crippen LogP contribution >= 0.6 is 0 Å². The number of ether oxygens (including phenoxy) is 1. The number of carboxylic acid groups (broad SMARTS) is 1. The molecule has 1 rings (SSSR count). The summed E-state index contributed by atoms with van der Waals surface area (Å²) in [5.74, 6) is -0.623. The third kappa shape index (κ3) is 3.23. The van der Waals surface area contributed by atoms with Crippen LogP contribution in [-0.2, 0) is 4.79 Å². The zero-order chi connectivity index (χ0) is 13.7. The van der Waals surface area contributed by atoms with Gasteiger partial charge in [0.05, 0.1) is 7.11 Å². The zero-order valence-electron chi connectivity index (χ0n) is 10.8. The predicted molar refractivity (Wildman–Crippen MR) is 66.9 cm³/mol. The van der Waals surface area contributed by atoms with Crippen LogP contribution in [0.3, 0.4) is 0 Å². The monoisotopic (exact) mass is 251 g/mol. The molecule has 0 bridgehead atoms. The van der Waals surface area contributed by atoms with Gasteiger partial charge in [0.1, 0.15) is 12.3 Å². The Kier molecular flexibility index (Phi) is 4.71. The summed E-state index contributed by atoms with van der Waals surface area (Å²) in [6.07, 6.45) is 0. The van der Waals surface area contributed by atoms with Crippen molar-refractivity contribution in [2.75, 3.05) is 20.2 Å². The normalized spacial score (nSPS) is 9.94. The second-order valence-corrected chi connectivity index (χ2v) is 3.89. The Labute approximate surface area is 106 Å². The molecule has 18 heavy (non-hydrogen) atoms. The number of carbonyl (C=O) groups excluding carboxylic acids is 1. The minimum absolute atomic E-state index is 0.278. The fraction of sp³-hybridized carbons (Fsp3) is 0.385. The van der Waals surface area contributed by atoms with Gasteiger partial charge in [-0.25, -0.2) is 0 Å². The Bertz CT molecular complexity index is 456. The van der Waals surface area contributed by atoms with Crippen LogP contribution < -0.4 is 4.74 Å². The van der Waals surface area contributed by atoms with E-state index in [-0.39, 0.29) is 12.5 Å². The van der Waals surface area contributed by atoms with E-state index in [4.69, 9.17) is 9.84 Å². The zero-order valence-corrected chi connectivity index (χ0v) is 10.8. The van der Waals surface area contributed by atoms with E-state index in [1.54, 1.807) is 39.2 Å². The van der Waals surface area contributed by atoms with Crippen molar-refractivity contribution in [3.05, 3.63) is 29.3 Å². The van der Waals surface area contributed by atoms with Gasteiger partial charge in [-0.3, -0.25) is 9.59 Å². The topological polar surface area (TPSA) is 66.8 Å². The third-order valence-electron chi connectivity index (χ3n) is 2.66. The standard InChI is InChI=1S/C13H17NO4/c1-4-14(8-12(15)16)13(17)11-6-5-10(18-3)7-9(11)2/h5-7H,4,8H2,1-3H3,(H,15,16). The molecular formula is C13H17NO4. The van der Waals surface area contributed by atoms with Crippen LogP contribution in [0.15, 0.2) is 18.2 Å². The molecule has 0 aliphatic carbocycles. The van der Waals surface area contributed by atoms with E-state index in [1.807, 2.05) is 0 Å². The van der Waals surface area contributed by atoms with Crippen LogP contribution in [0.5, 0.6) is 5.75 Å². The van der Waals surface area contributed by atoms with Crippen molar-refractivity contribution in [3.63, 3.8) is 0 Å². The molecule has 1 aromatic carbocycles. The summed E-state index contributed by atoms with van der Waals surface area (Å²) in [7, 11) is 1.55. The van der Waals surface area contributed by atoms with Gasteiger partial charge in [-0.1, -0.05) is 0 Å². The molecule has 1 N–H and O–H groups in total. The van der Waals surface area contributed by atoms with Crippen LogP contribution in [0.1, 0.15) is 22.8 Å². The first-order valence-electron chi connectivity index (χ1n) is 5.65. The highest BCUT2D eigenvalue weighted by Gasteiger charge is 2.18. The van der Waals surface area contributed by atoms with E-state index in [9.17, 15) is 9.59 Å². The van der Waals surface area contributed by atoms with Crippen LogP contribution in [0.25, 0.3) is 0 Å². The summed E-state index contributed by atoms with van der Waals surface area (Å²) >= 11 is 0. The molecule has 0 aromatic heterocycles. The SMILES string of the molecule is CCN(CC(=O)O)C(=O)c1ccc(OC)cc1C. The number of carbonyl (C=O) groups is 2. The minimum atomic E-state index is -1.02. The van der Waals surface area contributed by atoms with Gasteiger partial charge in [-0.2, -0.15) is 0 Å². The Morgan fingerprint density at radius 3 is 2.50 bits per heavy atom. The molecule has 98 valence electrons. The van der Waals surface area contributed by atoms with Gasteiger partial charge in [0.15, 0.2) is 0 Å². The van der Waals surface area contributed by atoms with E-state index in [1.165, 1.54) is 4.90 Å². The van der Waals surface area contributed by atoms with Gasteiger partial charge >= 0.3 is 5.97 Å². The molecule has 0 radical (unpaired) electrons. The maximum Gasteiger partial charge on any atom is 0.323 e. The molecular weight excluding hydrogens is 234 g/mol. The Hall–Kier alpha value is -2.04. The van der Waals surface area contributed by atoms with E-state index in [0.717, 1.165) is 5.56 Å². The average Bonchev–Trinajstić information content (AvgIpc) is 2.34. The lowest BCUT2D eigenvalue weighted by Crippen LogP contribution is -2.35. The molecule has 0 spiro atoms. The second kappa shape index (κ2) is 6.05. The van der Waals surface area contributed by atoms with Gasteiger partial charge in [-0.05, 0) is 37.6 Å². The number of hydrogen-bond donors (Lipinski definition) is 1. The van der Waals surface area contributed by atoms with Crippen molar-refractivity contribution in [1.29, 1.82) is 0 Å². The van der Waals surface area contributed by atoms with Crippen molar-refractivity contribution in [2.45, 2.75) is 13.8 Å². The summed E-state index contributed by atoms with van der Waals surface area (Å²) in [6, 6.07) is 5.09. The Balaban J connectivity index is 2.98. The lowest BCUT2D eigenvalue weighted by atomic mass is 10.1. The molecule has 1 aromatic rings. The molecule has 0 heterocycles. The van der Waals surface area contributed by atoms with Gasteiger partial charge in [0.25, 0.3) is 5.91 Å².